The minimum Gasteiger partial charge on any atom is -0.201 e. The normalized spacial score (nSPS) is 14.2. The van der Waals surface area contributed by atoms with Crippen LogP contribution in [0, 0.1) is 5.92 Å². The van der Waals surface area contributed by atoms with E-state index in [-0.39, 0.29) is 5.56 Å². The SMILES string of the molecule is CCC(C)c1ccc(C(F)(F)C(C)C)cc1. The lowest BCUT2D eigenvalue weighted by Crippen LogP contribution is -2.20. The van der Waals surface area contributed by atoms with Gasteiger partial charge in [-0.2, -0.15) is 0 Å². The van der Waals surface area contributed by atoms with Crippen molar-refractivity contribution < 1.29 is 8.78 Å². The van der Waals surface area contributed by atoms with Gasteiger partial charge in [-0.05, 0) is 17.9 Å². The summed E-state index contributed by atoms with van der Waals surface area (Å²) in [6.07, 6.45) is 1.03. The van der Waals surface area contributed by atoms with Crippen LogP contribution in [-0.4, -0.2) is 0 Å². The quantitative estimate of drug-likeness (QED) is 0.681. The number of hydrogen-bond donors (Lipinski definition) is 0. The summed E-state index contributed by atoms with van der Waals surface area (Å²) in [7, 11) is 0. The largest absolute Gasteiger partial charge is 0.275 e. The molecule has 0 heterocycles. The molecule has 90 valence electrons. The first-order chi connectivity index (χ1) is 7.39. The maximum absolute atomic E-state index is 13.7. The monoisotopic (exact) mass is 226 g/mol. The third-order valence-electron chi connectivity index (χ3n) is 3.20. The molecule has 1 atom stereocenters. The zero-order valence-corrected chi connectivity index (χ0v) is 10.4. The van der Waals surface area contributed by atoms with Gasteiger partial charge >= 0.3 is 0 Å². The predicted molar refractivity (Wildman–Crippen MR) is 63.9 cm³/mol. The molecule has 0 nitrogen and oxygen atoms in total. The second-order valence-electron chi connectivity index (χ2n) is 4.71. The molecule has 0 aliphatic carbocycles. The van der Waals surface area contributed by atoms with Crippen molar-refractivity contribution in [2.45, 2.75) is 46.0 Å². The van der Waals surface area contributed by atoms with Crippen molar-refractivity contribution in [3.05, 3.63) is 35.4 Å². The molecule has 2 heteroatoms. The molecule has 0 aromatic heterocycles. The van der Waals surface area contributed by atoms with E-state index in [4.69, 9.17) is 0 Å². The van der Waals surface area contributed by atoms with E-state index in [2.05, 4.69) is 13.8 Å². The zero-order valence-electron chi connectivity index (χ0n) is 10.4. The van der Waals surface area contributed by atoms with Crippen LogP contribution in [0.2, 0.25) is 0 Å². The molecule has 0 fully saturated rings. The summed E-state index contributed by atoms with van der Waals surface area (Å²) < 4.78 is 27.4. The van der Waals surface area contributed by atoms with Crippen LogP contribution in [0.25, 0.3) is 0 Å². The highest BCUT2D eigenvalue weighted by Crippen LogP contribution is 2.36. The van der Waals surface area contributed by atoms with Crippen molar-refractivity contribution in [2.24, 2.45) is 5.92 Å². The molecule has 0 bridgehead atoms. The lowest BCUT2D eigenvalue weighted by atomic mass is 9.93. The predicted octanol–water partition coefficient (Wildman–Crippen LogP) is 4.95. The van der Waals surface area contributed by atoms with E-state index in [0.717, 1.165) is 12.0 Å². The van der Waals surface area contributed by atoms with Gasteiger partial charge < -0.3 is 0 Å². The second kappa shape index (κ2) is 4.94. The lowest BCUT2D eigenvalue weighted by molar-refractivity contribution is -0.0513. The molecule has 16 heavy (non-hydrogen) atoms. The number of benzene rings is 1. The number of halogens is 2. The van der Waals surface area contributed by atoms with E-state index < -0.39 is 11.8 Å². The van der Waals surface area contributed by atoms with Gasteiger partial charge in [0.1, 0.15) is 0 Å². The molecule has 0 saturated carbocycles. The fourth-order valence-corrected chi connectivity index (χ4v) is 1.60. The zero-order chi connectivity index (χ0) is 12.3. The van der Waals surface area contributed by atoms with Crippen molar-refractivity contribution in [3.8, 4) is 0 Å². The van der Waals surface area contributed by atoms with Gasteiger partial charge in [0.15, 0.2) is 0 Å². The minimum absolute atomic E-state index is 0.120. The summed E-state index contributed by atoms with van der Waals surface area (Å²) in [6, 6.07) is 6.75. The third-order valence-corrected chi connectivity index (χ3v) is 3.20. The first kappa shape index (κ1) is 13.1. The van der Waals surface area contributed by atoms with Crippen LogP contribution in [0.1, 0.15) is 51.2 Å². The molecule has 1 rings (SSSR count). The molecule has 0 N–H and O–H groups in total. The number of alkyl halides is 2. The Balaban J connectivity index is 2.95. The van der Waals surface area contributed by atoms with Gasteiger partial charge in [0, 0.05) is 11.5 Å². The molecule has 0 amide bonds. The Labute approximate surface area is 96.7 Å². The minimum atomic E-state index is -2.73. The molecular formula is C14H20F2. The van der Waals surface area contributed by atoms with E-state index >= 15 is 0 Å². The Morgan fingerprint density at radius 3 is 1.94 bits per heavy atom. The van der Waals surface area contributed by atoms with Crippen LogP contribution in [0.3, 0.4) is 0 Å². The van der Waals surface area contributed by atoms with Gasteiger partial charge in [-0.3, -0.25) is 0 Å². The van der Waals surface area contributed by atoms with E-state index in [1.54, 1.807) is 26.0 Å². The van der Waals surface area contributed by atoms with Crippen molar-refractivity contribution in [3.63, 3.8) is 0 Å². The second-order valence-corrected chi connectivity index (χ2v) is 4.71. The standard InChI is InChI=1S/C14H20F2/c1-5-11(4)12-6-8-13(9-7-12)14(15,16)10(2)3/h6-11H,5H2,1-4H3. The van der Waals surface area contributed by atoms with E-state index in [9.17, 15) is 8.78 Å². The topological polar surface area (TPSA) is 0 Å². The van der Waals surface area contributed by atoms with Crippen molar-refractivity contribution in [1.82, 2.24) is 0 Å². The highest BCUT2D eigenvalue weighted by molar-refractivity contribution is 5.28. The maximum Gasteiger partial charge on any atom is 0.275 e. The van der Waals surface area contributed by atoms with E-state index in [0.29, 0.717) is 5.92 Å². The molecule has 1 aromatic rings. The van der Waals surface area contributed by atoms with Crippen molar-refractivity contribution in [2.75, 3.05) is 0 Å². The molecule has 0 spiro atoms. The van der Waals surface area contributed by atoms with Gasteiger partial charge in [0.05, 0.1) is 0 Å². The highest BCUT2D eigenvalue weighted by Gasteiger charge is 2.35. The number of hydrogen-bond acceptors (Lipinski definition) is 0. The third kappa shape index (κ3) is 2.60. The Hall–Kier alpha value is -0.920. The maximum atomic E-state index is 13.7. The Morgan fingerprint density at radius 1 is 1.06 bits per heavy atom. The van der Waals surface area contributed by atoms with Crippen LogP contribution < -0.4 is 0 Å². The van der Waals surface area contributed by atoms with Crippen LogP contribution >= 0.6 is 0 Å². The lowest BCUT2D eigenvalue weighted by Gasteiger charge is -2.21. The van der Waals surface area contributed by atoms with Crippen molar-refractivity contribution >= 4 is 0 Å². The van der Waals surface area contributed by atoms with Gasteiger partial charge in [-0.1, -0.05) is 52.0 Å². The molecular weight excluding hydrogens is 206 g/mol. The summed E-state index contributed by atoms with van der Waals surface area (Å²) in [5.41, 5.74) is 1.25. The van der Waals surface area contributed by atoms with E-state index in [1.165, 1.54) is 0 Å². The molecule has 0 aliphatic rings. The van der Waals surface area contributed by atoms with Crippen LogP contribution in [0.15, 0.2) is 24.3 Å². The molecule has 1 aromatic carbocycles. The summed E-state index contributed by atoms with van der Waals surface area (Å²) >= 11 is 0. The van der Waals surface area contributed by atoms with Gasteiger partial charge in [0.25, 0.3) is 5.92 Å². The first-order valence-electron chi connectivity index (χ1n) is 5.87. The van der Waals surface area contributed by atoms with Crippen LogP contribution in [0.5, 0.6) is 0 Å². The van der Waals surface area contributed by atoms with E-state index in [1.807, 2.05) is 12.1 Å². The fourth-order valence-electron chi connectivity index (χ4n) is 1.60. The molecule has 0 aliphatic heterocycles. The summed E-state index contributed by atoms with van der Waals surface area (Å²) in [4.78, 5) is 0. The molecule has 0 saturated heterocycles. The van der Waals surface area contributed by atoms with Crippen LogP contribution in [0.4, 0.5) is 8.78 Å². The Morgan fingerprint density at radius 2 is 1.56 bits per heavy atom. The van der Waals surface area contributed by atoms with Crippen LogP contribution in [-0.2, 0) is 5.92 Å². The summed E-state index contributed by atoms with van der Waals surface area (Å²) in [5, 5.41) is 0. The molecule has 1 unspecified atom stereocenters. The summed E-state index contributed by atoms with van der Waals surface area (Å²) in [6.45, 7) is 7.29. The first-order valence-corrected chi connectivity index (χ1v) is 5.87. The Kier molecular flexibility index (Phi) is 4.06. The number of rotatable bonds is 4. The smallest absolute Gasteiger partial charge is 0.201 e. The highest BCUT2D eigenvalue weighted by atomic mass is 19.3. The Bertz CT molecular complexity index is 325. The van der Waals surface area contributed by atoms with Gasteiger partial charge in [-0.15, -0.1) is 0 Å². The van der Waals surface area contributed by atoms with Gasteiger partial charge in [-0.25, -0.2) is 8.78 Å². The van der Waals surface area contributed by atoms with Gasteiger partial charge in [0.2, 0.25) is 0 Å². The molecule has 0 radical (unpaired) electrons. The fraction of sp³-hybridized carbons (Fsp3) is 0.571. The average molecular weight is 226 g/mol. The van der Waals surface area contributed by atoms with Crippen molar-refractivity contribution in [1.29, 1.82) is 0 Å². The summed E-state index contributed by atoms with van der Waals surface area (Å²) in [5.74, 6) is -2.96. The average Bonchev–Trinajstić information content (AvgIpc) is 2.28.